The summed E-state index contributed by atoms with van der Waals surface area (Å²) in [7, 11) is 2.12. The van der Waals surface area contributed by atoms with Crippen molar-refractivity contribution in [3.63, 3.8) is 0 Å². The Balaban J connectivity index is 2.83. The summed E-state index contributed by atoms with van der Waals surface area (Å²) in [6, 6.07) is 2.16. The first-order valence-corrected chi connectivity index (χ1v) is 8.04. The van der Waals surface area contributed by atoms with Crippen LogP contribution in [0.1, 0.15) is 40.2 Å². The molecule has 1 aromatic heterocycles. The summed E-state index contributed by atoms with van der Waals surface area (Å²) in [5.74, 6) is 1.73. The second-order valence-corrected chi connectivity index (χ2v) is 7.99. The lowest BCUT2D eigenvalue weighted by Crippen LogP contribution is -2.31. The second-order valence-electron chi connectivity index (χ2n) is 7.08. The van der Waals surface area contributed by atoms with Crippen LogP contribution >= 0.6 is 15.9 Å². The molecule has 0 fully saturated rings. The lowest BCUT2D eigenvalue weighted by atomic mass is 9.96. The number of hydrogen-bond donors (Lipinski definition) is 1. The van der Waals surface area contributed by atoms with Crippen LogP contribution in [0, 0.1) is 11.3 Å². The molecule has 0 radical (unpaired) electrons. The number of pyridine rings is 1. The molecular weight excluding hydrogens is 314 g/mol. The zero-order valence-corrected chi connectivity index (χ0v) is 15.2. The summed E-state index contributed by atoms with van der Waals surface area (Å²) in [6.07, 6.45) is 1.88. The van der Waals surface area contributed by atoms with Gasteiger partial charge in [0, 0.05) is 36.4 Å². The molecule has 0 aliphatic heterocycles. The minimum Gasteiger partial charge on any atom is -0.359 e. The first-order valence-electron chi connectivity index (χ1n) is 7.25. The molecule has 0 saturated carbocycles. The van der Waals surface area contributed by atoms with E-state index in [1.165, 1.54) is 5.56 Å². The maximum absolute atomic E-state index is 4.60. The molecule has 0 aromatic carbocycles. The van der Waals surface area contributed by atoms with Gasteiger partial charge in [0.25, 0.3) is 0 Å². The second kappa shape index (κ2) is 7.41. The summed E-state index contributed by atoms with van der Waals surface area (Å²) in [5, 5.41) is 3.50. The maximum atomic E-state index is 4.60. The number of anilines is 1. The van der Waals surface area contributed by atoms with E-state index in [2.05, 4.69) is 78.9 Å². The maximum Gasteiger partial charge on any atom is 0.132 e. The van der Waals surface area contributed by atoms with Crippen molar-refractivity contribution in [3.8, 4) is 0 Å². The van der Waals surface area contributed by atoms with E-state index in [1.54, 1.807) is 0 Å². The van der Waals surface area contributed by atoms with Gasteiger partial charge in [-0.25, -0.2) is 4.98 Å². The Hall–Kier alpha value is -0.610. The summed E-state index contributed by atoms with van der Waals surface area (Å²) in [6.45, 7) is 14.1. The van der Waals surface area contributed by atoms with Crippen molar-refractivity contribution in [2.45, 2.75) is 41.2 Å². The van der Waals surface area contributed by atoms with E-state index in [-0.39, 0.29) is 5.41 Å². The molecule has 1 heterocycles. The number of nitrogens with zero attached hydrogens (tertiary/aromatic N) is 2. The fourth-order valence-electron chi connectivity index (χ4n) is 2.23. The van der Waals surface area contributed by atoms with Crippen LogP contribution in [0.5, 0.6) is 0 Å². The Kier molecular flexibility index (Phi) is 6.46. The molecule has 0 atom stereocenters. The van der Waals surface area contributed by atoms with E-state index < -0.39 is 0 Å². The average molecular weight is 342 g/mol. The predicted molar refractivity (Wildman–Crippen MR) is 91.2 cm³/mol. The summed E-state index contributed by atoms with van der Waals surface area (Å²) in [4.78, 5) is 6.85. The van der Waals surface area contributed by atoms with E-state index in [1.807, 2.05) is 6.20 Å². The van der Waals surface area contributed by atoms with Gasteiger partial charge in [-0.15, -0.1) is 0 Å². The van der Waals surface area contributed by atoms with Gasteiger partial charge in [-0.05, 0) is 39.9 Å². The highest BCUT2D eigenvalue weighted by atomic mass is 79.9. The van der Waals surface area contributed by atoms with Crippen molar-refractivity contribution in [1.29, 1.82) is 0 Å². The Bertz CT molecular complexity index is 424. The van der Waals surface area contributed by atoms with Crippen molar-refractivity contribution < 1.29 is 0 Å². The van der Waals surface area contributed by atoms with E-state index in [4.69, 9.17) is 0 Å². The first-order chi connectivity index (χ1) is 9.19. The Labute approximate surface area is 132 Å². The summed E-state index contributed by atoms with van der Waals surface area (Å²) in [5.41, 5.74) is 1.50. The fraction of sp³-hybridized carbons (Fsp3) is 0.688. The van der Waals surface area contributed by atoms with Gasteiger partial charge in [0.1, 0.15) is 5.82 Å². The van der Waals surface area contributed by atoms with Gasteiger partial charge in [-0.3, -0.25) is 0 Å². The molecule has 0 saturated heterocycles. The monoisotopic (exact) mass is 341 g/mol. The molecule has 20 heavy (non-hydrogen) atoms. The number of aromatic nitrogens is 1. The molecule has 0 unspecified atom stereocenters. The normalized spacial score (nSPS) is 12.0. The van der Waals surface area contributed by atoms with Gasteiger partial charge in [-0.2, -0.15) is 0 Å². The van der Waals surface area contributed by atoms with Gasteiger partial charge in [0.15, 0.2) is 0 Å². The molecule has 0 aliphatic carbocycles. The van der Waals surface area contributed by atoms with Crippen LogP contribution in [-0.4, -0.2) is 25.1 Å². The van der Waals surface area contributed by atoms with Crippen LogP contribution in [0.3, 0.4) is 0 Å². The van der Waals surface area contributed by atoms with Crippen LogP contribution in [0.4, 0.5) is 5.82 Å². The number of rotatable bonds is 6. The smallest absolute Gasteiger partial charge is 0.132 e. The molecule has 114 valence electrons. The number of hydrogen-bond acceptors (Lipinski definition) is 3. The first kappa shape index (κ1) is 17.4. The van der Waals surface area contributed by atoms with E-state index in [0.717, 1.165) is 29.9 Å². The van der Waals surface area contributed by atoms with Crippen molar-refractivity contribution in [2.24, 2.45) is 11.3 Å². The van der Waals surface area contributed by atoms with Gasteiger partial charge in [-0.1, -0.05) is 34.6 Å². The van der Waals surface area contributed by atoms with Crippen molar-refractivity contribution in [1.82, 2.24) is 10.3 Å². The van der Waals surface area contributed by atoms with Crippen molar-refractivity contribution in [2.75, 3.05) is 25.0 Å². The predicted octanol–water partition coefficient (Wildman–Crippen LogP) is 4.07. The molecular formula is C16H28BrN3. The van der Waals surface area contributed by atoms with Crippen LogP contribution in [-0.2, 0) is 6.54 Å². The average Bonchev–Trinajstić information content (AvgIpc) is 2.25. The van der Waals surface area contributed by atoms with Crippen LogP contribution < -0.4 is 10.2 Å². The van der Waals surface area contributed by atoms with Crippen LogP contribution in [0.15, 0.2) is 16.7 Å². The van der Waals surface area contributed by atoms with Gasteiger partial charge in [0.05, 0.1) is 0 Å². The number of nitrogens with one attached hydrogen (secondary N) is 1. The highest BCUT2D eigenvalue weighted by molar-refractivity contribution is 9.10. The highest BCUT2D eigenvalue weighted by Gasteiger charge is 2.17. The molecule has 0 aliphatic rings. The third-order valence-electron chi connectivity index (χ3n) is 2.85. The lowest BCUT2D eigenvalue weighted by Gasteiger charge is -2.29. The zero-order valence-electron chi connectivity index (χ0n) is 13.6. The topological polar surface area (TPSA) is 28.2 Å². The largest absolute Gasteiger partial charge is 0.359 e. The van der Waals surface area contributed by atoms with Crippen LogP contribution in [0.2, 0.25) is 0 Å². The minimum absolute atomic E-state index is 0.256. The third kappa shape index (κ3) is 6.23. The SMILES string of the molecule is CC(C)CNCc1cc(Br)cnc1N(C)CC(C)(C)C. The van der Waals surface area contributed by atoms with Crippen LogP contribution in [0.25, 0.3) is 0 Å². The summed E-state index contributed by atoms with van der Waals surface area (Å²) >= 11 is 3.52. The standard InChI is InChI=1S/C16H28BrN3/c1-12(2)8-18-9-13-7-14(17)10-19-15(13)20(6)11-16(3,4)5/h7,10,12,18H,8-9,11H2,1-6H3. The van der Waals surface area contributed by atoms with Gasteiger partial charge < -0.3 is 10.2 Å². The highest BCUT2D eigenvalue weighted by Crippen LogP contribution is 2.24. The minimum atomic E-state index is 0.256. The Morgan fingerprint density at radius 1 is 1.35 bits per heavy atom. The van der Waals surface area contributed by atoms with Crippen molar-refractivity contribution >= 4 is 21.7 Å². The van der Waals surface area contributed by atoms with E-state index in [0.29, 0.717) is 5.92 Å². The van der Waals surface area contributed by atoms with E-state index >= 15 is 0 Å². The third-order valence-corrected chi connectivity index (χ3v) is 3.28. The molecule has 0 bridgehead atoms. The number of halogens is 1. The molecule has 0 amide bonds. The Morgan fingerprint density at radius 3 is 2.55 bits per heavy atom. The van der Waals surface area contributed by atoms with Crippen molar-refractivity contribution in [3.05, 3.63) is 22.3 Å². The lowest BCUT2D eigenvalue weighted by molar-refractivity contribution is 0.417. The fourth-order valence-corrected chi connectivity index (χ4v) is 2.61. The van der Waals surface area contributed by atoms with Gasteiger partial charge in [0.2, 0.25) is 0 Å². The molecule has 1 rings (SSSR count). The zero-order chi connectivity index (χ0) is 15.3. The molecule has 1 aromatic rings. The summed E-state index contributed by atoms with van der Waals surface area (Å²) < 4.78 is 1.03. The molecule has 1 N–H and O–H groups in total. The molecule has 3 nitrogen and oxygen atoms in total. The molecule has 0 spiro atoms. The Morgan fingerprint density at radius 2 is 2.00 bits per heavy atom. The molecule has 4 heteroatoms. The van der Waals surface area contributed by atoms with Gasteiger partial charge >= 0.3 is 0 Å². The quantitative estimate of drug-likeness (QED) is 0.845. The van der Waals surface area contributed by atoms with E-state index in [9.17, 15) is 0 Å².